The molecule has 8 nitrogen and oxygen atoms in total. The lowest BCUT2D eigenvalue weighted by molar-refractivity contribution is -0.385. The Hall–Kier alpha value is -3.55. The molecule has 0 fully saturated rings. The summed E-state index contributed by atoms with van der Waals surface area (Å²) in [6, 6.07) is 10.7. The molecule has 1 heterocycles. The summed E-state index contributed by atoms with van der Waals surface area (Å²) in [5, 5.41) is 18.3. The fourth-order valence-corrected chi connectivity index (χ4v) is 2.17. The van der Waals surface area contributed by atoms with Crippen LogP contribution in [0.1, 0.15) is 15.9 Å². The van der Waals surface area contributed by atoms with Gasteiger partial charge in [-0.3, -0.25) is 10.1 Å². The summed E-state index contributed by atoms with van der Waals surface area (Å²) in [5.41, 5.74) is 0.954. The highest BCUT2D eigenvalue weighted by Crippen LogP contribution is 2.24. The second-order valence-electron chi connectivity index (χ2n) is 4.86. The smallest absolute Gasteiger partial charge is 0.344 e. The van der Waals surface area contributed by atoms with Gasteiger partial charge in [-0.05, 0) is 37.3 Å². The number of benzene rings is 2. The second kappa shape index (κ2) is 6.29. The van der Waals surface area contributed by atoms with E-state index in [1.807, 2.05) is 0 Å². The van der Waals surface area contributed by atoms with E-state index in [2.05, 4.69) is 10.2 Å². The van der Waals surface area contributed by atoms with Crippen LogP contribution in [0.5, 0.6) is 5.75 Å². The lowest BCUT2D eigenvalue weighted by atomic mass is 10.1. The number of hydrogen-bond donors (Lipinski definition) is 0. The van der Waals surface area contributed by atoms with Gasteiger partial charge >= 0.3 is 5.97 Å². The first-order valence-electron chi connectivity index (χ1n) is 6.89. The van der Waals surface area contributed by atoms with Crippen molar-refractivity contribution < 1.29 is 18.9 Å². The molecule has 0 saturated carbocycles. The number of carbonyl (C=O) groups excluding carboxylic acids is 1. The van der Waals surface area contributed by atoms with Crippen molar-refractivity contribution in [2.75, 3.05) is 0 Å². The fraction of sp³-hybridized carbons (Fsp3) is 0.0625. The molecule has 3 aromatic rings. The summed E-state index contributed by atoms with van der Waals surface area (Å²) < 4.78 is 10.3. The maximum absolute atomic E-state index is 12.2. The van der Waals surface area contributed by atoms with Gasteiger partial charge in [0.1, 0.15) is 5.75 Å². The molecule has 0 aliphatic rings. The normalized spacial score (nSPS) is 10.4. The number of nitro benzene ring substituents is 1. The highest BCUT2D eigenvalue weighted by atomic mass is 16.6. The lowest BCUT2D eigenvalue weighted by Crippen LogP contribution is -2.11. The molecule has 2 aromatic carbocycles. The lowest BCUT2D eigenvalue weighted by Gasteiger charge is -2.07. The van der Waals surface area contributed by atoms with Crippen LogP contribution in [-0.4, -0.2) is 21.1 Å². The highest BCUT2D eigenvalue weighted by Gasteiger charge is 2.19. The van der Waals surface area contributed by atoms with E-state index in [0.29, 0.717) is 17.2 Å². The Kier molecular flexibility index (Phi) is 4.02. The van der Waals surface area contributed by atoms with Crippen molar-refractivity contribution in [3.05, 3.63) is 70.1 Å². The van der Waals surface area contributed by atoms with Crippen molar-refractivity contribution in [2.45, 2.75) is 6.92 Å². The molecule has 0 amide bonds. The Morgan fingerprint density at radius 3 is 2.58 bits per heavy atom. The van der Waals surface area contributed by atoms with Gasteiger partial charge in [-0.25, -0.2) is 4.79 Å². The molecule has 0 unspecified atom stereocenters. The minimum atomic E-state index is -0.665. The topological polar surface area (TPSA) is 108 Å². The summed E-state index contributed by atoms with van der Waals surface area (Å²) in [4.78, 5) is 22.6. The molecular weight excluding hydrogens is 314 g/mol. The van der Waals surface area contributed by atoms with Crippen LogP contribution in [0.2, 0.25) is 0 Å². The fourth-order valence-electron chi connectivity index (χ4n) is 2.17. The first-order chi connectivity index (χ1) is 11.6. The molecule has 0 radical (unpaired) electrons. The molecule has 0 aliphatic heterocycles. The Morgan fingerprint density at radius 1 is 1.21 bits per heavy atom. The van der Waals surface area contributed by atoms with Gasteiger partial charge in [0, 0.05) is 17.2 Å². The average Bonchev–Trinajstić information content (AvgIpc) is 3.10. The predicted octanol–water partition coefficient (Wildman–Crippen LogP) is 3.17. The van der Waals surface area contributed by atoms with Crippen LogP contribution in [0.25, 0.3) is 11.5 Å². The quantitative estimate of drug-likeness (QED) is 0.313. The van der Waals surface area contributed by atoms with Gasteiger partial charge in [0.15, 0.2) is 0 Å². The van der Waals surface area contributed by atoms with Crippen LogP contribution in [-0.2, 0) is 0 Å². The van der Waals surface area contributed by atoms with Gasteiger partial charge in [-0.15, -0.1) is 10.2 Å². The second-order valence-corrected chi connectivity index (χ2v) is 4.86. The maximum atomic E-state index is 12.2. The molecular formula is C16H11N3O5. The van der Waals surface area contributed by atoms with E-state index < -0.39 is 10.9 Å². The monoisotopic (exact) mass is 325 g/mol. The first-order valence-corrected chi connectivity index (χ1v) is 6.89. The van der Waals surface area contributed by atoms with E-state index in [1.165, 1.54) is 31.5 Å². The third kappa shape index (κ3) is 2.98. The van der Waals surface area contributed by atoms with E-state index in [0.717, 1.165) is 0 Å². The van der Waals surface area contributed by atoms with Gasteiger partial charge in [0.25, 0.3) is 5.69 Å². The number of aromatic nitrogens is 2. The van der Waals surface area contributed by atoms with Crippen LogP contribution in [0.4, 0.5) is 5.69 Å². The Morgan fingerprint density at radius 2 is 1.96 bits per heavy atom. The third-order valence-corrected chi connectivity index (χ3v) is 3.39. The van der Waals surface area contributed by atoms with Crippen LogP contribution in [0.15, 0.2) is 53.3 Å². The van der Waals surface area contributed by atoms with Crippen molar-refractivity contribution in [1.82, 2.24) is 10.2 Å². The Labute approximate surface area is 135 Å². The average molecular weight is 325 g/mol. The van der Waals surface area contributed by atoms with E-state index in [-0.39, 0.29) is 16.8 Å². The van der Waals surface area contributed by atoms with Crippen LogP contribution in [0.3, 0.4) is 0 Å². The number of rotatable bonds is 4. The summed E-state index contributed by atoms with van der Waals surface area (Å²) >= 11 is 0. The zero-order chi connectivity index (χ0) is 17.1. The summed E-state index contributed by atoms with van der Waals surface area (Å²) in [5.74, 6) is -0.0154. The van der Waals surface area contributed by atoms with E-state index in [1.54, 1.807) is 24.3 Å². The Balaban J connectivity index is 1.80. The molecule has 24 heavy (non-hydrogen) atoms. The van der Waals surface area contributed by atoms with Gasteiger partial charge in [-0.1, -0.05) is 6.07 Å². The van der Waals surface area contributed by atoms with Crippen LogP contribution in [0, 0.1) is 17.0 Å². The number of nitrogens with zero attached hydrogens (tertiary/aromatic N) is 3. The van der Waals surface area contributed by atoms with E-state index in [4.69, 9.17) is 9.15 Å². The van der Waals surface area contributed by atoms with Crippen LogP contribution >= 0.6 is 0 Å². The van der Waals surface area contributed by atoms with Crippen LogP contribution < -0.4 is 4.74 Å². The van der Waals surface area contributed by atoms with Gasteiger partial charge < -0.3 is 9.15 Å². The zero-order valence-electron chi connectivity index (χ0n) is 12.5. The molecule has 0 atom stereocenters. The summed E-state index contributed by atoms with van der Waals surface area (Å²) in [6.07, 6.45) is 1.22. The number of hydrogen-bond acceptors (Lipinski definition) is 7. The molecule has 0 spiro atoms. The first kappa shape index (κ1) is 15.3. The van der Waals surface area contributed by atoms with Crippen molar-refractivity contribution in [2.24, 2.45) is 0 Å². The largest absolute Gasteiger partial charge is 0.423 e. The summed E-state index contributed by atoms with van der Waals surface area (Å²) in [6.45, 7) is 1.51. The van der Waals surface area contributed by atoms with Crippen molar-refractivity contribution in [3.63, 3.8) is 0 Å². The van der Waals surface area contributed by atoms with Gasteiger partial charge in [0.2, 0.25) is 12.3 Å². The third-order valence-electron chi connectivity index (χ3n) is 3.39. The number of esters is 1. The van der Waals surface area contributed by atoms with Crippen molar-refractivity contribution >= 4 is 11.7 Å². The van der Waals surface area contributed by atoms with Crippen molar-refractivity contribution in [3.8, 4) is 17.2 Å². The molecule has 0 bridgehead atoms. The molecule has 1 aromatic heterocycles. The molecule has 0 aliphatic carbocycles. The molecule has 0 saturated heterocycles. The number of carbonyl (C=O) groups is 1. The van der Waals surface area contributed by atoms with Gasteiger partial charge in [-0.2, -0.15) is 0 Å². The summed E-state index contributed by atoms with van der Waals surface area (Å²) in [7, 11) is 0. The number of ether oxygens (including phenoxy) is 1. The maximum Gasteiger partial charge on any atom is 0.344 e. The van der Waals surface area contributed by atoms with Gasteiger partial charge in [0.05, 0.1) is 10.5 Å². The van der Waals surface area contributed by atoms with E-state index >= 15 is 0 Å². The standard InChI is InChI=1S/C16H11N3O5/c1-10-13(3-2-4-14(10)19(21)22)16(20)24-12-7-5-11(6-8-12)15-18-17-9-23-15/h2-9H,1H3. The van der Waals surface area contributed by atoms with E-state index in [9.17, 15) is 14.9 Å². The SMILES string of the molecule is Cc1c(C(=O)Oc2ccc(-c3nnco3)cc2)cccc1[N+](=O)[O-]. The van der Waals surface area contributed by atoms with Crippen molar-refractivity contribution in [1.29, 1.82) is 0 Å². The molecule has 8 heteroatoms. The minimum Gasteiger partial charge on any atom is -0.423 e. The Bertz CT molecular complexity index is 889. The molecule has 3 rings (SSSR count). The minimum absolute atomic E-state index is 0.129. The predicted molar refractivity (Wildman–Crippen MR) is 82.5 cm³/mol. The molecule has 0 N–H and O–H groups in total. The highest BCUT2D eigenvalue weighted by molar-refractivity contribution is 5.93. The zero-order valence-corrected chi connectivity index (χ0v) is 12.5. The number of nitro groups is 1. The molecule has 120 valence electrons.